The van der Waals surface area contributed by atoms with E-state index in [4.69, 9.17) is 4.74 Å². The topological polar surface area (TPSA) is 38.3 Å². The van der Waals surface area contributed by atoms with Crippen LogP contribution in [0.25, 0.3) is 0 Å². The Morgan fingerprint density at radius 2 is 1.46 bits per heavy atom. The number of nitrogens with one attached hydrogen (secondary N) is 1. The Balaban J connectivity index is 1.86. The molecule has 28 heavy (non-hydrogen) atoms. The quantitative estimate of drug-likeness (QED) is 0.605. The van der Waals surface area contributed by atoms with E-state index < -0.39 is 6.10 Å². The molecule has 0 saturated carbocycles. The molecule has 0 spiro atoms. The van der Waals surface area contributed by atoms with Gasteiger partial charge < -0.3 is 10.1 Å². The molecule has 0 aliphatic rings. The summed E-state index contributed by atoms with van der Waals surface area (Å²) in [5.74, 6) is 0.638. The normalized spacial score (nSPS) is 12.8. The summed E-state index contributed by atoms with van der Waals surface area (Å²) in [6.45, 7) is 6.02. The second kappa shape index (κ2) is 9.23. The van der Waals surface area contributed by atoms with Crippen LogP contribution in [-0.2, 0) is 4.79 Å². The summed E-state index contributed by atoms with van der Waals surface area (Å²) in [5, 5.41) is 3.22. The van der Waals surface area contributed by atoms with Crippen LogP contribution in [0.15, 0.2) is 78.9 Å². The summed E-state index contributed by atoms with van der Waals surface area (Å²) in [7, 11) is 0. The molecule has 3 rings (SSSR count). The third kappa shape index (κ3) is 4.61. The standard InChI is InChI=1S/C25H27NO2/c1-4-22(28-23-17-11-9-13-19(23)3)25(27)26-24(20-14-6-5-7-15-20)21-16-10-8-12-18(21)2/h5-17,22,24H,4H2,1-3H3,(H,26,27)/t22-,24+/m1/s1. The van der Waals surface area contributed by atoms with Gasteiger partial charge in [-0.05, 0) is 48.6 Å². The molecular weight excluding hydrogens is 346 g/mol. The van der Waals surface area contributed by atoms with Crippen molar-refractivity contribution in [3.8, 4) is 5.75 Å². The highest BCUT2D eigenvalue weighted by Crippen LogP contribution is 2.26. The van der Waals surface area contributed by atoms with Gasteiger partial charge in [-0.25, -0.2) is 0 Å². The smallest absolute Gasteiger partial charge is 0.261 e. The number of rotatable bonds is 7. The molecule has 1 amide bonds. The molecule has 0 heterocycles. The minimum absolute atomic E-state index is 0.108. The van der Waals surface area contributed by atoms with Crippen molar-refractivity contribution in [2.45, 2.75) is 39.3 Å². The number of benzene rings is 3. The minimum Gasteiger partial charge on any atom is -0.480 e. The van der Waals surface area contributed by atoms with E-state index in [0.29, 0.717) is 6.42 Å². The molecule has 0 bridgehead atoms. The molecule has 3 aromatic rings. The zero-order valence-corrected chi connectivity index (χ0v) is 16.7. The maximum atomic E-state index is 13.1. The molecule has 0 radical (unpaired) electrons. The van der Waals surface area contributed by atoms with Crippen LogP contribution in [0.3, 0.4) is 0 Å². The van der Waals surface area contributed by atoms with Crippen molar-refractivity contribution in [2.24, 2.45) is 0 Å². The average Bonchev–Trinajstić information content (AvgIpc) is 2.72. The lowest BCUT2D eigenvalue weighted by Crippen LogP contribution is -2.40. The Kier molecular flexibility index (Phi) is 6.49. The molecule has 0 saturated heterocycles. The fourth-order valence-electron chi connectivity index (χ4n) is 3.30. The average molecular weight is 373 g/mol. The number of amides is 1. The summed E-state index contributed by atoms with van der Waals surface area (Å²) >= 11 is 0. The van der Waals surface area contributed by atoms with E-state index in [1.165, 1.54) is 0 Å². The molecular formula is C25H27NO2. The van der Waals surface area contributed by atoms with Crippen LogP contribution < -0.4 is 10.1 Å². The lowest BCUT2D eigenvalue weighted by atomic mass is 9.94. The second-order valence-corrected chi connectivity index (χ2v) is 6.99. The third-order valence-corrected chi connectivity index (χ3v) is 4.95. The van der Waals surface area contributed by atoms with Gasteiger partial charge in [0, 0.05) is 0 Å². The molecule has 0 fully saturated rings. The molecule has 0 aliphatic heterocycles. The number of aryl methyl sites for hydroxylation is 2. The van der Waals surface area contributed by atoms with Gasteiger partial charge in [-0.3, -0.25) is 4.79 Å². The molecule has 3 heteroatoms. The van der Waals surface area contributed by atoms with Gasteiger partial charge in [0.1, 0.15) is 5.75 Å². The first kappa shape index (κ1) is 19.7. The van der Waals surface area contributed by atoms with E-state index in [1.54, 1.807) is 0 Å². The van der Waals surface area contributed by atoms with Crippen LogP contribution in [0.1, 0.15) is 41.6 Å². The van der Waals surface area contributed by atoms with Gasteiger partial charge in [-0.1, -0.05) is 79.7 Å². The zero-order chi connectivity index (χ0) is 19.9. The maximum Gasteiger partial charge on any atom is 0.261 e. The van der Waals surface area contributed by atoms with Gasteiger partial charge in [0.15, 0.2) is 6.10 Å². The van der Waals surface area contributed by atoms with E-state index in [1.807, 2.05) is 80.6 Å². The van der Waals surface area contributed by atoms with Gasteiger partial charge in [0.2, 0.25) is 0 Å². The van der Waals surface area contributed by atoms with Crippen molar-refractivity contribution in [3.05, 3.63) is 101 Å². The van der Waals surface area contributed by atoms with Gasteiger partial charge in [0.05, 0.1) is 6.04 Å². The van der Waals surface area contributed by atoms with Gasteiger partial charge >= 0.3 is 0 Å². The van der Waals surface area contributed by atoms with Crippen LogP contribution in [0.4, 0.5) is 0 Å². The lowest BCUT2D eigenvalue weighted by Gasteiger charge is -2.25. The Morgan fingerprint density at radius 3 is 2.11 bits per heavy atom. The Labute approximate surface area is 167 Å². The first-order valence-electron chi connectivity index (χ1n) is 9.73. The molecule has 0 aliphatic carbocycles. The zero-order valence-electron chi connectivity index (χ0n) is 16.7. The van der Waals surface area contributed by atoms with Crippen molar-refractivity contribution in [3.63, 3.8) is 0 Å². The van der Waals surface area contributed by atoms with E-state index in [-0.39, 0.29) is 11.9 Å². The van der Waals surface area contributed by atoms with E-state index in [9.17, 15) is 4.79 Å². The number of para-hydroxylation sites is 1. The molecule has 1 N–H and O–H groups in total. The molecule has 2 atom stereocenters. The molecule has 3 aromatic carbocycles. The van der Waals surface area contributed by atoms with Crippen molar-refractivity contribution in [2.75, 3.05) is 0 Å². The van der Waals surface area contributed by atoms with E-state index >= 15 is 0 Å². The SMILES string of the molecule is CC[C@@H](Oc1ccccc1C)C(=O)N[C@@H](c1ccccc1)c1ccccc1C. The van der Waals surface area contributed by atoms with Gasteiger partial charge in [-0.2, -0.15) is 0 Å². The molecule has 144 valence electrons. The molecule has 3 nitrogen and oxygen atoms in total. The van der Waals surface area contributed by atoms with Crippen LogP contribution in [0.2, 0.25) is 0 Å². The fourth-order valence-corrected chi connectivity index (χ4v) is 3.30. The summed E-state index contributed by atoms with van der Waals surface area (Å²) in [6, 6.07) is 25.8. The van der Waals surface area contributed by atoms with Crippen molar-refractivity contribution >= 4 is 5.91 Å². The highest BCUT2D eigenvalue weighted by Gasteiger charge is 2.24. The lowest BCUT2D eigenvalue weighted by molar-refractivity contribution is -0.128. The van der Waals surface area contributed by atoms with Gasteiger partial charge in [0.25, 0.3) is 5.91 Å². The highest BCUT2D eigenvalue weighted by atomic mass is 16.5. The first-order chi connectivity index (χ1) is 13.6. The van der Waals surface area contributed by atoms with Crippen LogP contribution >= 0.6 is 0 Å². The van der Waals surface area contributed by atoms with Gasteiger partial charge in [-0.15, -0.1) is 0 Å². The minimum atomic E-state index is -0.545. The summed E-state index contributed by atoms with van der Waals surface area (Å²) in [6.07, 6.45) is 0.0476. The number of hydrogen-bond donors (Lipinski definition) is 1. The van der Waals surface area contributed by atoms with Crippen molar-refractivity contribution in [1.29, 1.82) is 0 Å². The van der Waals surface area contributed by atoms with Crippen molar-refractivity contribution < 1.29 is 9.53 Å². The monoisotopic (exact) mass is 373 g/mol. The third-order valence-electron chi connectivity index (χ3n) is 4.95. The number of hydrogen-bond acceptors (Lipinski definition) is 2. The Hall–Kier alpha value is -3.07. The second-order valence-electron chi connectivity index (χ2n) is 6.99. The fraction of sp³-hybridized carbons (Fsp3) is 0.240. The number of carbonyl (C=O) groups is 1. The Bertz CT molecular complexity index is 921. The van der Waals surface area contributed by atoms with E-state index in [2.05, 4.69) is 24.4 Å². The number of carbonyl (C=O) groups excluding carboxylic acids is 1. The summed E-state index contributed by atoms with van der Waals surface area (Å²) in [5.41, 5.74) is 4.31. The van der Waals surface area contributed by atoms with E-state index in [0.717, 1.165) is 28.0 Å². The van der Waals surface area contributed by atoms with Crippen LogP contribution in [0.5, 0.6) is 5.75 Å². The number of ether oxygens (including phenoxy) is 1. The van der Waals surface area contributed by atoms with Crippen molar-refractivity contribution in [1.82, 2.24) is 5.32 Å². The molecule has 0 aromatic heterocycles. The van der Waals surface area contributed by atoms with Crippen LogP contribution in [0, 0.1) is 13.8 Å². The first-order valence-corrected chi connectivity index (χ1v) is 9.73. The van der Waals surface area contributed by atoms with Crippen LogP contribution in [-0.4, -0.2) is 12.0 Å². The maximum absolute atomic E-state index is 13.1. The Morgan fingerprint density at radius 1 is 0.857 bits per heavy atom. The summed E-state index contributed by atoms with van der Waals surface area (Å²) < 4.78 is 6.05. The highest BCUT2D eigenvalue weighted by molar-refractivity contribution is 5.82. The predicted molar refractivity (Wildman–Crippen MR) is 113 cm³/mol. The predicted octanol–water partition coefficient (Wildman–Crippen LogP) is 5.37. The molecule has 0 unspecified atom stereocenters. The summed E-state index contributed by atoms with van der Waals surface area (Å²) in [4.78, 5) is 13.1. The largest absolute Gasteiger partial charge is 0.480 e.